The molecule has 0 saturated heterocycles. The Balaban J connectivity index is 1.79. The van der Waals surface area contributed by atoms with Crippen LogP contribution in [0.3, 0.4) is 0 Å². The van der Waals surface area contributed by atoms with Crippen molar-refractivity contribution in [3.63, 3.8) is 0 Å². The number of hydrogen-bond acceptors (Lipinski definition) is 5. The van der Waals surface area contributed by atoms with Crippen molar-refractivity contribution in [2.75, 3.05) is 5.73 Å². The Morgan fingerprint density at radius 1 is 0.808 bits per heavy atom. The average molecular weight is 338 g/mol. The van der Waals surface area contributed by atoms with E-state index in [-0.39, 0.29) is 0 Å². The summed E-state index contributed by atoms with van der Waals surface area (Å²) in [7, 11) is 0. The first-order valence-electron chi connectivity index (χ1n) is 8.23. The van der Waals surface area contributed by atoms with Crippen molar-refractivity contribution >= 4 is 44.5 Å². The third-order valence-corrected chi connectivity index (χ3v) is 4.35. The van der Waals surface area contributed by atoms with Crippen molar-refractivity contribution in [2.24, 2.45) is 10.2 Å². The van der Waals surface area contributed by atoms with Crippen molar-refractivity contribution in [3.8, 4) is 0 Å². The van der Waals surface area contributed by atoms with Gasteiger partial charge in [0.25, 0.3) is 0 Å². The SMILES string of the molecule is Nc1nn2c(ncc3ccc4ccccc4c32)c1N=Nc1ccccc1. The first kappa shape index (κ1) is 14.5. The molecule has 0 saturated carbocycles. The van der Waals surface area contributed by atoms with Gasteiger partial charge in [0.2, 0.25) is 0 Å². The van der Waals surface area contributed by atoms with Gasteiger partial charge in [-0.15, -0.1) is 10.2 Å². The number of azo groups is 1. The predicted molar refractivity (Wildman–Crippen MR) is 103 cm³/mol. The Bertz CT molecular complexity index is 1290. The van der Waals surface area contributed by atoms with Gasteiger partial charge in [-0.3, -0.25) is 0 Å². The van der Waals surface area contributed by atoms with Gasteiger partial charge in [0.1, 0.15) is 0 Å². The first-order valence-corrected chi connectivity index (χ1v) is 8.23. The molecule has 6 heteroatoms. The lowest BCUT2D eigenvalue weighted by molar-refractivity contribution is 0.994. The second-order valence-corrected chi connectivity index (χ2v) is 5.99. The van der Waals surface area contributed by atoms with Gasteiger partial charge in [0.05, 0.1) is 11.2 Å². The molecule has 0 spiro atoms. The molecule has 124 valence electrons. The molecular formula is C20H14N6. The third-order valence-electron chi connectivity index (χ3n) is 4.35. The summed E-state index contributed by atoms with van der Waals surface area (Å²) in [6, 6.07) is 21.8. The highest BCUT2D eigenvalue weighted by Crippen LogP contribution is 2.32. The Kier molecular flexibility index (Phi) is 3.15. The van der Waals surface area contributed by atoms with E-state index in [9.17, 15) is 0 Å². The standard InChI is InChI=1S/C20H14N6/c21-19-17(24-23-15-7-2-1-3-8-15)20-22-12-14-11-10-13-6-4-5-9-16(13)18(14)26(20)25-19/h1-12H,(H2,21,25). The summed E-state index contributed by atoms with van der Waals surface area (Å²) in [5, 5.41) is 16.3. The van der Waals surface area contributed by atoms with Crippen molar-refractivity contribution in [1.29, 1.82) is 0 Å². The number of hydrogen-bond donors (Lipinski definition) is 1. The van der Waals surface area contributed by atoms with Gasteiger partial charge in [-0.1, -0.05) is 54.6 Å². The number of fused-ring (bicyclic) bond motifs is 5. The summed E-state index contributed by atoms with van der Waals surface area (Å²) < 4.78 is 1.76. The minimum Gasteiger partial charge on any atom is -0.380 e. The summed E-state index contributed by atoms with van der Waals surface area (Å²) in [6.45, 7) is 0. The fraction of sp³-hybridized carbons (Fsp3) is 0. The lowest BCUT2D eigenvalue weighted by Crippen LogP contribution is -1.94. The van der Waals surface area contributed by atoms with E-state index in [1.54, 1.807) is 4.52 Å². The van der Waals surface area contributed by atoms with Crippen molar-refractivity contribution < 1.29 is 0 Å². The number of nitrogens with two attached hydrogens (primary N) is 1. The number of anilines is 1. The zero-order valence-corrected chi connectivity index (χ0v) is 13.7. The summed E-state index contributed by atoms with van der Waals surface area (Å²) in [6.07, 6.45) is 1.82. The van der Waals surface area contributed by atoms with Gasteiger partial charge < -0.3 is 5.73 Å². The Hall–Kier alpha value is -3.80. The quantitative estimate of drug-likeness (QED) is 0.362. The van der Waals surface area contributed by atoms with Crippen LogP contribution < -0.4 is 5.73 Å². The predicted octanol–water partition coefficient (Wildman–Crippen LogP) is 5.03. The summed E-state index contributed by atoms with van der Waals surface area (Å²) in [4.78, 5) is 4.52. The summed E-state index contributed by atoms with van der Waals surface area (Å²) in [5.41, 5.74) is 8.90. The molecular weight excluding hydrogens is 324 g/mol. The highest BCUT2D eigenvalue weighted by molar-refractivity contribution is 6.06. The minimum atomic E-state index is 0.303. The molecule has 2 N–H and O–H groups in total. The van der Waals surface area contributed by atoms with Crippen LogP contribution in [0.4, 0.5) is 17.2 Å². The highest BCUT2D eigenvalue weighted by atomic mass is 15.3. The molecule has 0 amide bonds. The lowest BCUT2D eigenvalue weighted by atomic mass is 10.1. The van der Waals surface area contributed by atoms with E-state index in [0.29, 0.717) is 17.2 Å². The largest absolute Gasteiger partial charge is 0.380 e. The fourth-order valence-electron chi connectivity index (χ4n) is 3.13. The highest BCUT2D eigenvalue weighted by Gasteiger charge is 2.15. The molecule has 0 bridgehead atoms. The normalized spacial score (nSPS) is 11.8. The molecule has 6 nitrogen and oxygen atoms in total. The van der Waals surface area contributed by atoms with E-state index in [1.165, 1.54) is 0 Å². The van der Waals surface area contributed by atoms with E-state index in [1.807, 2.05) is 54.7 Å². The van der Waals surface area contributed by atoms with Gasteiger partial charge in [-0.05, 0) is 17.5 Å². The second-order valence-electron chi connectivity index (χ2n) is 5.99. The molecule has 2 aromatic heterocycles. The van der Waals surface area contributed by atoms with Crippen molar-refractivity contribution in [3.05, 3.63) is 72.9 Å². The van der Waals surface area contributed by atoms with Gasteiger partial charge in [0.15, 0.2) is 17.2 Å². The molecule has 0 aliphatic heterocycles. The maximum atomic E-state index is 6.13. The molecule has 3 aromatic carbocycles. The van der Waals surface area contributed by atoms with E-state index in [4.69, 9.17) is 5.73 Å². The van der Waals surface area contributed by atoms with E-state index >= 15 is 0 Å². The number of benzene rings is 3. The molecule has 0 atom stereocenters. The molecule has 2 heterocycles. The molecule has 0 unspecified atom stereocenters. The van der Waals surface area contributed by atoms with E-state index in [2.05, 4.69) is 38.5 Å². The lowest BCUT2D eigenvalue weighted by Gasteiger charge is -2.05. The fourth-order valence-corrected chi connectivity index (χ4v) is 3.13. The molecule has 0 aliphatic carbocycles. The van der Waals surface area contributed by atoms with Crippen LogP contribution in [0, 0.1) is 0 Å². The van der Waals surface area contributed by atoms with Crippen LogP contribution in [-0.4, -0.2) is 14.6 Å². The minimum absolute atomic E-state index is 0.303. The van der Waals surface area contributed by atoms with Gasteiger partial charge in [-0.25, -0.2) is 9.50 Å². The molecule has 0 fully saturated rings. The number of nitrogens with zero attached hydrogens (tertiary/aromatic N) is 5. The smallest absolute Gasteiger partial charge is 0.185 e. The molecule has 5 rings (SSSR count). The van der Waals surface area contributed by atoms with Crippen LogP contribution in [0.15, 0.2) is 83.2 Å². The molecule has 0 radical (unpaired) electrons. The average Bonchev–Trinajstić information content (AvgIpc) is 3.02. The Morgan fingerprint density at radius 2 is 1.58 bits per heavy atom. The second kappa shape index (κ2) is 5.63. The zero-order chi connectivity index (χ0) is 17.5. The van der Waals surface area contributed by atoms with Crippen molar-refractivity contribution in [2.45, 2.75) is 0 Å². The van der Waals surface area contributed by atoms with Crippen LogP contribution in [0.1, 0.15) is 0 Å². The molecule has 0 aliphatic rings. The summed E-state index contributed by atoms with van der Waals surface area (Å²) >= 11 is 0. The Morgan fingerprint density at radius 3 is 2.46 bits per heavy atom. The first-order chi connectivity index (χ1) is 12.8. The summed E-state index contributed by atoms with van der Waals surface area (Å²) in [5.74, 6) is 0.303. The van der Waals surface area contributed by atoms with Crippen molar-refractivity contribution in [1.82, 2.24) is 14.6 Å². The topological polar surface area (TPSA) is 80.9 Å². The van der Waals surface area contributed by atoms with E-state index < -0.39 is 0 Å². The van der Waals surface area contributed by atoms with Crippen LogP contribution >= 0.6 is 0 Å². The van der Waals surface area contributed by atoms with Crippen LogP contribution in [0.25, 0.3) is 27.3 Å². The maximum Gasteiger partial charge on any atom is 0.185 e. The number of nitrogen functional groups attached to an aromatic ring is 1. The number of rotatable bonds is 2. The third kappa shape index (κ3) is 2.20. The van der Waals surface area contributed by atoms with Gasteiger partial charge >= 0.3 is 0 Å². The van der Waals surface area contributed by atoms with Crippen LogP contribution in [-0.2, 0) is 0 Å². The van der Waals surface area contributed by atoms with Gasteiger partial charge in [0, 0.05) is 17.0 Å². The van der Waals surface area contributed by atoms with Gasteiger partial charge in [-0.2, -0.15) is 5.11 Å². The maximum absolute atomic E-state index is 6.13. The molecule has 26 heavy (non-hydrogen) atoms. The molecule has 5 aromatic rings. The van der Waals surface area contributed by atoms with Crippen LogP contribution in [0.2, 0.25) is 0 Å². The Labute approximate surface area is 148 Å². The zero-order valence-electron chi connectivity index (χ0n) is 13.7. The van der Waals surface area contributed by atoms with Crippen LogP contribution in [0.5, 0.6) is 0 Å². The number of aromatic nitrogens is 3. The van der Waals surface area contributed by atoms with E-state index in [0.717, 1.165) is 27.4 Å². The monoisotopic (exact) mass is 338 g/mol.